The number of esters is 12. The van der Waals surface area contributed by atoms with Crippen molar-refractivity contribution in [2.75, 3.05) is 118 Å². The molecule has 0 radical (unpaired) electrons. The number of hydrogen-bond donors (Lipinski definition) is 7. The minimum absolute atomic E-state index is 0.00391. The van der Waals surface area contributed by atoms with E-state index >= 15 is 0 Å². The Labute approximate surface area is 775 Å². The molecule has 0 spiro atoms. The van der Waals surface area contributed by atoms with E-state index in [1.807, 2.05) is 0 Å². The van der Waals surface area contributed by atoms with E-state index in [-0.39, 0.29) is 181 Å². The lowest BCUT2D eigenvalue weighted by molar-refractivity contribution is -0.277. The quantitative estimate of drug-likeness (QED) is 0.0194. The molecule has 19 atom stereocenters. The van der Waals surface area contributed by atoms with Gasteiger partial charge in [0.15, 0.2) is 67.7 Å². The molecule has 758 valence electrons. The molecular formula is C85H133N9O40. The summed E-state index contributed by atoms with van der Waals surface area (Å²) < 4.78 is 114. The first-order valence-corrected chi connectivity index (χ1v) is 44.1. The molecule has 12 unspecified atom stereocenters. The Morgan fingerprint density at radius 2 is 0.604 bits per heavy atom. The lowest BCUT2D eigenvalue weighted by Crippen LogP contribution is -2.72. The monoisotopic (exact) mass is 1920 g/mol. The van der Waals surface area contributed by atoms with E-state index in [1.54, 1.807) is 0 Å². The highest BCUT2D eigenvalue weighted by atomic mass is 16.7. The van der Waals surface area contributed by atoms with Crippen LogP contribution >= 0.6 is 0 Å². The molecule has 0 aromatic rings. The molecule has 0 bridgehead atoms. The smallest absolute Gasteiger partial charge is 0.303 e. The summed E-state index contributed by atoms with van der Waals surface area (Å²) in [7, 11) is 0. The van der Waals surface area contributed by atoms with Gasteiger partial charge in [0.1, 0.15) is 74.5 Å². The molecule has 0 aromatic carbocycles. The standard InChI is InChI=1S/C85H133N9O40/c1-47(95)89-71-78(128-59(13)107)74(124-55(9)103)64(42-120-52(6)100)132-82(71)116-38-22-18-26-68(112)88-32-36-94(70(114)28-20-24-40-118-84-73(91-49(3)97)80(130-61(15)109)76(126-57(11)105)66(134-84)44-122-54(8)102)34-30-86-29-33-93(69(113)27-19-23-39-117-83-72(90-48(2)96)79(129-60(14)108)75(125-56(10)104)65(133-83)43-121-53(7)101)35-31-87-67(111)25-17-21-37-115-45-85(92-50(4)98)46-123-63(41-119-51(5)99)77(127-58(12)106)81(85)131-62(16)110/h63-66,71-84,86H,17-46H2,1-16H3,(H,87,111)(H,88,112)(H,89,95)(H,90,96)(H,91,97)(H,92,98)/t63?,64?,65?,66?,71?,72?,73?,74-,75-,76-,77-,78?,79?,80?,81?,82+,83+,84+,85?/m0/s1. The van der Waals surface area contributed by atoms with Crippen LogP contribution in [0, 0.1) is 0 Å². The lowest BCUT2D eigenvalue weighted by atomic mass is 9.84. The maximum absolute atomic E-state index is 14.4. The van der Waals surface area contributed by atoms with Crippen LogP contribution in [0.3, 0.4) is 0 Å². The Bertz CT molecular complexity index is 3930. The van der Waals surface area contributed by atoms with Crippen molar-refractivity contribution in [3.63, 3.8) is 0 Å². The first kappa shape index (κ1) is 115. The Balaban J connectivity index is 1.56. The summed E-state index contributed by atoms with van der Waals surface area (Å²) in [5.41, 5.74) is -1.62. The van der Waals surface area contributed by atoms with Gasteiger partial charge in [-0.05, 0) is 51.4 Å². The molecule has 4 heterocycles. The van der Waals surface area contributed by atoms with Crippen LogP contribution in [0.5, 0.6) is 0 Å². The van der Waals surface area contributed by atoms with Gasteiger partial charge in [0, 0.05) is 215 Å². The van der Waals surface area contributed by atoms with Crippen LogP contribution < -0.4 is 37.2 Å². The van der Waals surface area contributed by atoms with E-state index in [0.717, 1.165) is 83.1 Å². The number of unbranched alkanes of at least 4 members (excludes halogenated alkanes) is 4. The van der Waals surface area contributed by atoms with Crippen molar-refractivity contribution < 1.29 is 191 Å². The average molecular weight is 1920 g/mol. The molecule has 4 fully saturated rings. The van der Waals surface area contributed by atoms with Crippen molar-refractivity contribution in [3.05, 3.63) is 0 Å². The zero-order valence-corrected chi connectivity index (χ0v) is 78.8. The summed E-state index contributed by atoms with van der Waals surface area (Å²) >= 11 is 0. The Morgan fingerprint density at radius 3 is 0.910 bits per heavy atom. The van der Waals surface area contributed by atoms with Crippen molar-refractivity contribution in [2.24, 2.45) is 0 Å². The van der Waals surface area contributed by atoms with Crippen LogP contribution in [0.1, 0.15) is 188 Å². The number of ether oxygens (including phenoxy) is 20. The van der Waals surface area contributed by atoms with E-state index < -0.39 is 249 Å². The van der Waals surface area contributed by atoms with E-state index in [2.05, 4.69) is 37.2 Å². The number of amides is 8. The topological polar surface area (TPSA) is 617 Å². The number of carbonyl (C=O) groups is 20. The SMILES string of the molecule is CC(=O)NC1C(OC(C)=O)[C@@H](OC(C)=O)C(COC(C)=O)O[C@H]1OCCCCC(=O)NCCN(CCNCCN(CCNC(=O)CCCCOCC1(NC(C)=O)COC(COC(C)=O)[C@H](OC(C)=O)C1OC(C)=O)C(=O)CCCCO[C@@H]1OC(COC(C)=O)[C@H](OC(C)=O)C(OC(C)=O)C1NC(C)=O)C(=O)CCCCO[C@@H]1OC(COC(C)=O)[C@H](OC(C)=O)C(OC(C)=O)C1NC(C)=O. The normalized spacial score (nSPS) is 24.6. The molecule has 8 amide bonds. The number of nitrogens with zero attached hydrogens (tertiary/aromatic N) is 2. The zero-order chi connectivity index (χ0) is 99.9. The number of rotatable bonds is 57. The van der Waals surface area contributed by atoms with Crippen molar-refractivity contribution in [2.45, 2.75) is 304 Å². The van der Waals surface area contributed by atoms with Crippen LogP contribution in [0.4, 0.5) is 0 Å². The summed E-state index contributed by atoms with van der Waals surface area (Å²) in [6.45, 7) is 15.2. The third kappa shape index (κ3) is 43.6. The van der Waals surface area contributed by atoms with Crippen LogP contribution in [0.15, 0.2) is 0 Å². The molecule has 7 N–H and O–H groups in total. The van der Waals surface area contributed by atoms with Gasteiger partial charge in [-0.15, -0.1) is 0 Å². The van der Waals surface area contributed by atoms with Crippen molar-refractivity contribution in [1.29, 1.82) is 0 Å². The summed E-state index contributed by atoms with van der Waals surface area (Å²) in [5, 5.41) is 19.5. The fraction of sp³-hybridized carbons (Fsp3) is 0.765. The first-order valence-electron chi connectivity index (χ1n) is 44.1. The molecule has 0 saturated carbocycles. The Hall–Kier alpha value is -11.0. The van der Waals surface area contributed by atoms with Gasteiger partial charge in [-0.1, -0.05) is 0 Å². The van der Waals surface area contributed by atoms with Gasteiger partial charge in [0.25, 0.3) is 0 Å². The zero-order valence-electron chi connectivity index (χ0n) is 78.8. The first-order chi connectivity index (χ1) is 63.3. The second kappa shape index (κ2) is 60.4. The third-order valence-electron chi connectivity index (χ3n) is 20.2. The van der Waals surface area contributed by atoms with E-state index in [4.69, 9.17) is 94.7 Å². The molecule has 0 aromatic heterocycles. The highest BCUT2D eigenvalue weighted by molar-refractivity contribution is 5.80. The Kier molecular flexibility index (Phi) is 52.0. The largest absolute Gasteiger partial charge is 0.463 e. The summed E-state index contributed by atoms with van der Waals surface area (Å²) in [4.78, 5) is 256. The molecular weight excluding hydrogens is 1790 g/mol. The van der Waals surface area contributed by atoms with E-state index in [9.17, 15) is 95.9 Å². The molecule has 49 heteroatoms. The van der Waals surface area contributed by atoms with Crippen LogP contribution in [0.2, 0.25) is 0 Å². The maximum atomic E-state index is 14.4. The molecule has 134 heavy (non-hydrogen) atoms. The van der Waals surface area contributed by atoms with Gasteiger partial charge >= 0.3 is 71.6 Å². The molecule has 49 nitrogen and oxygen atoms in total. The van der Waals surface area contributed by atoms with Gasteiger partial charge in [-0.2, -0.15) is 0 Å². The lowest BCUT2D eigenvalue weighted by Gasteiger charge is -2.48. The van der Waals surface area contributed by atoms with Crippen LogP contribution in [-0.4, -0.2) is 363 Å². The summed E-state index contributed by atoms with van der Waals surface area (Å²) in [5.74, 6) is -13.3. The van der Waals surface area contributed by atoms with Gasteiger partial charge in [0.2, 0.25) is 47.3 Å². The fourth-order valence-corrected chi connectivity index (χ4v) is 14.8. The Morgan fingerprint density at radius 1 is 0.313 bits per heavy atom. The van der Waals surface area contributed by atoms with E-state index in [1.165, 1.54) is 37.5 Å². The molecule has 4 saturated heterocycles. The van der Waals surface area contributed by atoms with Crippen molar-refractivity contribution in [3.8, 4) is 0 Å². The van der Waals surface area contributed by atoms with Gasteiger partial charge in [0.05, 0.1) is 13.2 Å². The summed E-state index contributed by atoms with van der Waals surface area (Å²) in [6, 6.07) is -3.79. The highest BCUT2D eigenvalue weighted by Crippen LogP contribution is 2.34. The minimum Gasteiger partial charge on any atom is -0.463 e. The van der Waals surface area contributed by atoms with Gasteiger partial charge in [-0.3, -0.25) is 95.9 Å². The predicted molar refractivity (Wildman–Crippen MR) is 452 cm³/mol. The van der Waals surface area contributed by atoms with E-state index in [0.29, 0.717) is 0 Å². The van der Waals surface area contributed by atoms with Gasteiger partial charge in [-0.25, -0.2) is 0 Å². The van der Waals surface area contributed by atoms with Crippen LogP contribution in [-0.2, 0) is 191 Å². The highest BCUT2D eigenvalue weighted by Gasteiger charge is 2.58. The number of hydrogen-bond acceptors (Lipinski definition) is 41. The molecule has 4 rings (SSSR count). The number of nitrogens with one attached hydrogen (secondary N) is 7. The molecule has 4 aliphatic heterocycles. The van der Waals surface area contributed by atoms with Crippen LogP contribution in [0.25, 0.3) is 0 Å². The van der Waals surface area contributed by atoms with Gasteiger partial charge < -0.3 is 142 Å². The molecule has 0 aliphatic carbocycles. The second-order valence-corrected chi connectivity index (χ2v) is 32.0. The summed E-state index contributed by atoms with van der Waals surface area (Å²) in [6.07, 6.45) is -18.7. The minimum atomic E-state index is -1.62. The number of carbonyl (C=O) groups excluding carboxylic acids is 20. The second-order valence-electron chi connectivity index (χ2n) is 32.0. The third-order valence-corrected chi connectivity index (χ3v) is 20.2. The van der Waals surface area contributed by atoms with Crippen molar-refractivity contribution >= 4 is 119 Å². The molecule has 4 aliphatic rings. The fourth-order valence-electron chi connectivity index (χ4n) is 14.8. The maximum Gasteiger partial charge on any atom is 0.303 e. The van der Waals surface area contributed by atoms with Crippen molar-refractivity contribution in [1.82, 2.24) is 47.0 Å². The predicted octanol–water partition coefficient (Wildman–Crippen LogP) is -2.12. The average Bonchev–Trinajstić information content (AvgIpc) is 0.758.